The zero-order chi connectivity index (χ0) is 32.5. The van der Waals surface area contributed by atoms with Crippen LogP contribution >= 0.6 is 34.8 Å². The summed E-state index contributed by atoms with van der Waals surface area (Å²) in [6.07, 6.45) is 15.4. The fourth-order valence-electron chi connectivity index (χ4n) is 5.77. The van der Waals surface area contributed by atoms with Gasteiger partial charge < -0.3 is 24.8 Å². The van der Waals surface area contributed by atoms with E-state index in [9.17, 15) is 9.90 Å². The molecule has 0 aromatic heterocycles. The number of carbonyl (C=O) groups is 1. The highest BCUT2D eigenvalue weighted by atomic mass is 35.6. The molecule has 6 nitrogen and oxygen atoms in total. The summed E-state index contributed by atoms with van der Waals surface area (Å²) in [5.74, 6) is -0.715. The number of nitrogens with zero attached hydrogens (tertiary/aromatic N) is 1. The zero-order valence-electron chi connectivity index (χ0n) is 27.1. The number of amides is 1. The minimum Gasteiger partial charge on any atom is -0.392 e. The van der Waals surface area contributed by atoms with Crippen molar-refractivity contribution < 1.29 is 19.4 Å². The van der Waals surface area contributed by atoms with Gasteiger partial charge in [-0.05, 0) is 49.2 Å². The van der Waals surface area contributed by atoms with Gasteiger partial charge in [-0.25, -0.2) is 0 Å². The van der Waals surface area contributed by atoms with Gasteiger partial charge in [-0.15, -0.1) is 0 Å². The molecule has 1 saturated heterocycles. The number of rotatable bonds is 20. The first-order valence-electron chi connectivity index (χ1n) is 16.9. The number of alkyl halides is 3. The highest BCUT2D eigenvalue weighted by Crippen LogP contribution is 2.38. The molecule has 0 spiro atoms. The van der Waals surface area contributed by atoms with Gasteiger partial charge in [0.25, 0.3) is 9.70 Å². The molecule has 2 aromatic carbocycles. The van der Waals surface area contributed by atoms with Gasteiger partial charge in [-0.1, -0.05) is 149 Å². The number of nitrogens with one attached hydrogen (secondary N) is 1. The van der Waals surface area contributed by atoms with E-state index >= 15 is 0 Å². The maximum absolute atomic E-state index is 12.1. The Morgan fingerprint density at radius 1 is 0.800 bits per heavy atom. The molecule has 1 heterocycles. The molecule has 0 bridgehead atoms. The first-order valence-corrected chi connectivity index (χ1v) is 18.1. The number of unbranched alkanes of at least 4 members (excludes halogenated alkanes) is 10. The second-order valence-corrected chi connectivity index (χ2v) is 14.5. The lowest BCUT2D eigenvalue weighted by Gasteiger charge is -2.38. The Kier molecular flexibility index (Phi) is 17.6. The lowest BCUT2D eigenvalue weighted by molar-refractivity contribution is -0.253. The van der Waals surface area contributed by atoms with Crippen LogP contribution in [0.15, 0.2) is 48.5 Å². The molecule has 9 heteroatoms. The lowest BCUT2D eigenvalue weighted by atomic mass is 9.99. The van der Waals surface area contributed by atoms with Gasteiger partial charge in [0.2, 0.25) is 0 Å². The van der Waals surface area contributed by atoms with E-state index in [2.05, 4.69) is 24.1 Å². The number of carbonyl (C=O) groups excluding carboxylic acids is 1. The average Bonchev–Trinajstić information content (AvgIpc) is 3.04. The van der Waals surface area contributed by atoms with Gasteiger partial charge in [0.15, 0.2) is 6.29 Å². The number of ether oxygens (including phenoxy) is 2. The molecule has 2 N–H and O–H groups in total. The van der Waals surface area contributed by atoms with Crippen LogP contribution in [-0.4, -0.2) is 45.4 Å². The number of aliphatic hydroxyl groups excluding tert-OH is 1. The Bertz CT molecular complexity index is 1080. The van der Waals surface area contributed by atoms with Crippen molar-refractivity contribution in [3.05, 3.63) is 65.2 Å². The predicted molar refractivity (Wildman–Crippen MR) is 187 cm³/mol. The van der Waals surface area contributed by atoms with Crippen LogP contribution < -0.4 is 5.32 Å². The van der Waals surface area contributed by atoms with E-state index in [4.69, 9.17) is 44.3 Å². The number of hydrogen-bond donors (Lipinski definition) is 2. The molecule has 3 rings (SSSR count). The SMILES string of the molecule is CCCCCCCCN(CCCCCCCC)CC1CC(c2ccc(CO)cc2)OC(c2ccc(NC(=O)C(Cl)(Cl)Cl)cc2)O1. The van der Waals surface area contributed by atoms with Crippen LogP contribution in [0.1, 0.15) is 126 Å². The van der Waals surface area contributed by atoms with E-state index in [1.807, 2.05) is 36.4 Å². The fourth-order valence-corrected chi connectivity index (χ4v) is 5.91. The second-order valence-electron chi connectivity index (χ2n) is 12.3. The fraction of sp³-hybridized carbons (Fsp3) is 0.639. The molecular weight excluding hydrogens is 631 g/mol. The molecule has 0 saturated carbocycles. The van der Waals surface area contributed by atoms with E-state index in [0.29, 0.717) is 5.69 Å². The van der Waals surface area contributed by atoms with Crippen LogP contribution in [0.3, 0.4) is 0 Å². The smallest absolute Gasteiger partial charge is 0.276 e. The number of hydrogen-bond acceptors (Lipinski definition) is 5. The Balaban J connectivity index is 1.72. The average molecular weight is 684 g/mol. The maximum atomic E-state index is 12.1. The number of aliphatic hydroxyl groups is 1. The van der Waals surface area contributed by atoms with Crippen LogP contribution in [-0.2, 0) is 20.9 Å². The van der Waals surface area contributed by atoms with Crippen LogP contribution in [0.5, 0.6) is 0 Å². The maximum Gasteiger partial charge on any atom is 0.276 e. The van der Waals surface area contributed by atoms with E-state index in [1.54, 1.807) is 12.1 Å². The van der Waals surface area contributed by atoms with Crippen molar-refractivity contribution in [3.63, 3.8) is 0 Å². The largest absolute Gasteiger partial charge is 0.392 e. The first kappa shape index (κ1) is 38.1. The highest BCUT2D eigenvalue weighted by Gasteiger charge is 2.34. The van der Waals surface area contributed by atoms with E-state index in [-0.39, 0.29) is 18.8 Å². The summed E-state index contributed by atoms with van der Waals surface area (Å²) in [4.78, 5) is 14.7. The summed E-state index contributed by atoms with van der Waals surface area (Å²) in [5.41, 5.74) is 3.30. The monoisotopic (exact) mass is 682 g/mol. The van der Waals surface area contributed by atoms with Gasteiger partial charge in [0.05, 0.1) is 18.8 Å². The van der Waals surface area contributed by atoms with Gasteiger partial charge in [0, 0.05) is 24.2 Å². The third-order valence-electron chi connectivity index (χ3n) is 8.43. The second kappa shape index (κ2) is 20.8. The number of anilines is 1. The third-order valence-corrected chi connectivity index (χ3v) is 8.95. The summed E-state index contributed by atoms with van der Waals surface area (Å²) < 4.78 is 11.1. The number of halogens is 3. The third kappa shape index (κ3) is 14.1. The summed E-state index contributed by atoms with van der Waals surface area (Å²) in [6, 6.07) is 15.2. The first-order chi connectivity index (χ1) is 21.7. The summed E-state index contributed by atoms with van der Waals surface area (Å²) in [6.45, 7) is 7.55. The number of benzene rings is 2. The highest BCUT2D eigenvalue weighted by molar-refractivity contribution is 6.76. The minimum atomic E-state index is -2.04. The van der Waals surface area contributed by atoms with Crippen molar-refractivity contribution in [1.82, 2.24) is 4.90 Å². The van der Waals surface area contributed by atoms with E-state index in [0.717, 1.165) is 42.7 Å². The molecule has 1 fully saturated rings. The summed E-state index contributed by atoms with van der Waals surface area (Å²) in [5, 5.41) is 12.2. The molecule has 1 aliphatic rings. The topological polar surface area (TPSA) is 71.0 Å². The van der Waals surface area contributed by atoms with Crippen LogP contribution in [0.2, 0.25) is 0 Å². The van der Waals surface area contributed by atoms with Crippen molar-refractivity contribution in [1.29, 1.82) is 0 Å². The van der Waals surface area contributed by atoms with Crippen molar-refractivity contribution in [2.24, 2.45) is 0 Å². The molecule has 3 unspecified atom stereocenters. The molecule has 1 aliphatic heterocycles. The molecular formula is C36H53Cl3N2O4. The Morgan fingerprint density at radius 3 is 1.87 bits per heavy atom. The Morgan fingerprint density at radius 2 is 1.33 bits per heavy atom. The van der Waals surface area contributed by atoms with E-state index < -0.39 is 16.0 Å². The van der Waals surface area contributed by atoms with Crippen molar-refractivity contribution in [3.8, 4) is 0 Å². The molecule has 0 radical (unpaired) electrons. The molecule has 2 aromatic rings. The van der Waals surface area contributed by atoms with Gasteiger partial charge in [0.1, 0.15) is 0 Å². The van der Waals surface area contributed by atoms with Gasteiger partial charge >= 0.3 is 0 Å². The van der Waals surface area contributed by atoms with Crippen LogP contribution in [0.4, 0.5) is 5.69 Å². The van der Waals surface area contributed by atoms with Crippen molar-refractivity contribution >= 4 is 46.4 Å². The van der Waals surface area contributed by atoms with Crippen molar-refractivity contribution in [2.75, 3.05) is 25.0 Å². The normalized spacial score (nSPS) is 18.8. The van der Waals surface area contributed by atoms with Gasteiger partial charge in [-0.3, -0.25) is 4.79 Å². The van der Waals surface area contributed by atoms with Crippen LogP contribution in [0.25, 0.3) is 0 Å². The standard InChI is InChI=1S/C36H53Cl3N2O4/c1-3-5-7-9-11-13-23-41(24-14-12-10-8-6-4-2)26-32-25-33(29-17-15-28(27-42)16-18-29)45-34(44-32)30-19-21-31(22-20-30)40-35(43)36(37,38)39/h15-22,32-34,42H,3-14,23-27H2,1-2H3,(H,40,43). The lowest BCUT2D eigenvalue weighted by Crippen LogP contribution is -2.40. The quantitative estimate of drug-likeness (QED) is 0.107. The molecule has 0 aliphatic carbocycles. The molecule has 252 valence electrons. The zero-order valence-corrected chi connectivity index (χ0v) is 29.4. The Labute approximate surface area is 286 Å². The summed E-state index contributed by atoms with van der Waals surface area (Å²) in [7, 11) is 0. The molecule has 1 amide bonds. The molecule has 45 heavy (non-hydrogen) atoms. The minimum absolute atomic E-state index is 0.00712. The molecule has 3 atom stereocenters. The van der Waals surface area contributed by atoms with Crippen LogP contribution in [0, 0.1) is 0 Å². The summed E-state index contributed by atoms with van der Waals surface area (Å²) >= 11 is 17.2. The van der Waals surface area contributed by atoms with Crippen molar-refractivity contribution in [2.45, 2.75) is 126 Å². The predicted octanol–water partition coefficient (Wildman–Crippen LogP) is 10.1. The Hall–Kier alpha value is -1.38. The van der Waals surface area contributed by atoms with Gasteiger partial charge in [-0.2, -0.15) is 0 Å². The van der Waals surface area contributed by atoms with E-state index in [1.165, 1.54) is 77.0 Å².